The van der Waals surface area contributed by atoms with Crippen LogP contribution in [0.2, 0.25) is 0 Å². The molecule has 0 aromatic carbocycles. The van der Waals surface area contributed by atoms with Crippen LogP contribution in [0.5, 0.6) is 0 Å². The van der Waals surface area contributed by atoms with Crippen LogP contribution >= 0.6 is 0 Å². The number of hydrogen-bond donors (Lipinski definition) is 0. The molecule has 0 aliphatic carbocycles. The molecular formula is C13H29NO2S. The molecule has 0 unspecified atom stereocenters. The fourth-order valence-corrected chi connectivity index (χ4v) is 3.45. The zero-order valence-corrected chi connectivity index (χ0v) is 12.9. The highest BCUT2D eigenvalue weighted by molar-refractivity contribution is 7.89. The number of nitrogens with zero attached hydrogens (tertiary/aromatic N) is 1. The molecule has 0 radical (unpaired) electrons. The zero-order valence-electron chi connectivity index (χ0n) is 12.1. The Labute approximate surface area is 108 Å². The molecule has 0 N–H and O–H groups in total. The minimum Gasteiger partial charge on any atom is -0.212 e. The van der Waals surface area contributed by atoms with Gasteiger partial charge in [0.25, 0.3) is 0 Å². The van der Waals surface area contributed by atoms with Crippen molar-refractivity contribution in [1.82, 2.24) is 4.31 Å². The van der Waals surface area contributed by atoms with E-state index < -0.39 is 10.0 Å². The molecule has 3 nitrogen and oxygen atoms in total. The second-order valence-corrected chi connectivity index (χ2v) is 7.97. The minimum atomic E-state index is -3.02. The van der Waals surface area contributed by atoms with Gasteiger partial charge in [0.05, 0.1) is 5.75 Å². The molecule has 0 aromatic rings. The first kappa shape index (κ1) is 16.9. The molecule has 0 saturated heterocycles. The van der Waals surface area contributed by atoms with E-state index in [9.17, 15) is 8.42 Å². The molecule has 0 heterocycles. The highest BCUT2D eigenvalue weighted by Crippen LogP contribution is 2.21. The van der Waals surface area contributed by atoms with Crippen molar-refractivity contribution in [3.8, 4) is 0 Å². The van der Waals surface area contributed by atoms with Crippen LogP contribution in [0.1, 0.15) is 60.3 Å². The lowest BCUT2D eigenvalue weighted by Gasteiger charge is -2.24. The van der Waals surface area contributed by atoms with E-state index in [1.807, 2.05) is 13.8 Å². The Bertz CT molecular complexity index is 291. The van der Waals surface area contributed by atoms with Crippen molar-refractivity contribution in [2.45, 2.75) is 60.3 Å². The number of sulfonamides is 1. The summed E-state index contributed by atoms with van der Waals surface area (Å²) in [6, 6.07) is 0. The molecule has 0 saturated carbocycles. The maximum atomic E-state index is 12.0. The largest absolute Gasteiger partial charge is 0.214 e. The summed E-state index contributed by atoms with van der Waals surface area (Å²) < 4.78 is 25.7. The van der Waals surface area contributed by atoms with Crippen LogP contribution in [0, 0.1) is 5.41 Å². The van der Waals surface area contributed by atoms with Gasteiger partial charge in [0.1, 0.15) is 0 Å². The van der Waals surface area contributed by atoms with Crippen molar-refractivity contribution in [3.05, 3.63) is 0 Å². The van der Waals surface area contributed by atoms with Gasteiger partial charge in [-0.2, -0.15) is 0 Å². The SMILES string of the molecule is CCCN(CCCC(C)(C)C)S(=O)(=O)CCC. The molecule has 0 amide bonds. The fraction of sp³-hybridized carbons (Fsp3) is 1.00. The van der Waals surface area contributed by atoms with E-state index in [2.05, 4.69) is 20.8 Å². The summed E-state index contributed by atoms with van der Waals surface area (Å²) in [6.45, 7) is 11.8. The van der Waals surface area contributed by atoms with Gasteiger partial charge in [-0.1, -0.05) is 34.6 Å². The highest BCUT2D eigenvalue weighted by atomic mass is 32.2. The predicted molar refractivity (Wildman–Crippen MR) is 74.6 cm³/mol. The van der Waals surface area contributed by atoms with E-state index in [-0.39, 0.29) is 11.2 Å². The van der Waals surface area contributed by atoms with E-state index in [1.54, 1.807) is 4.31 Å². The zero-order chi connectivity index (χ0) is 13.5. The molecule has 0 fully saturated rings. The van der Waals surface area contributed by atoms with Gasteiger partial charge in [0, 0.05) is 13.1 Å². The van der Waals surface area contributed by atoms with Gasteiger partial charge >= 0.3 is 0 Å². The van der Waals surface area contributed by atoms with E-state index in [0.717, 1.165) is 19.3 Å². The van der Waals surface area contributed by atoms with Crippen LogP contribution in [0.15, 0.2) is 0 Å². The van der Waals surface area contributed by atoms with Crippen LogP contribution in [-0.2, 0) is 10.0 Å². The molecule has 17 heavy (non-hydrogen) atoms. The molecule has 0 atom stereocenters. The maximum absolute atomic E-state index is 12.0. The lowest BCUT2D eigenvalue weighted by molar-refractivity contribution is 0.327. The van der Waals surface area contributed by atoms with Gasteiger partial charge in [-0.3, -0.25) is 0 Å². The predicted octanol–water partition coefficient (Wildman–Crippen LogP) is 3.26. The molecule has 4 heteroatoms. The van der Waals surface area contributed by atoms with Crippen LogP contribution in [0.25, 0.3) is 0 Å². The summed E-state index contributed by atoms with van der Waals surface area (Å²) >= 11 is 0. The van der Waals surface area contributed by atoms with Crippen LogP contribution in [-0.4, -0.2) is 31.6 Å². The molecule has 104 valence electrons. The Morgan fingerprint density at radius 2 is 1.59 bits per heavy atom. The Morgan fingerprint density at radius 1 is 1.00 bits per heavy atom. The summed E-state index contributed by atoms with van der Waals surface area (Å²) in [5.41, 5.74) is 0.284. The normalized spacial score (nSPS) is 13.3. The Balaban J connectivity index is 4.34. The third-order valence-corrected chi connectivity index (χ3v) is 4.74. The van der Waals surface area contributed by atoms with Gasteiger partial charge < -0.3 is 0 Å². The van der Waals surface area contributed by atoms with Gasteiger partial charge in [0.2, 0.25) is 10.0 Å². The molecule has 0 rings (SSSR count). The standard InChI is InChI=1S/C13H29NO2S/c1-6-10-14(17(15,16)12-7-2)11-8-9-13(3,4)5/h6-12H2,1-5H3. The quantitative estimate of drug-likeness (QED) is 0.674. The van der Waals surface area contributed by atoms with Crippen molar-refractivity contribution < 1.29 is 8.42 Å². The van der Waals surface area contributed by atoms with Gasteiger partial charge in [0.15, 0.2) is 0 Å². The molecular weight excluding hydrogens is 234 g/mol. The minimum absolute atomic E-state index is 0.280. The number of hydrogen-bond acceptors (Lipinski definition) is 2. The third-order valence-electron chi connectivity index (χ3n) is 2.66. The average Bonchev–Trinajstić information content (AvgIpc) is 2.14. The van der Waals surface area contributed by atoms with E-state index in [0.29, 0.717) is 19.5 Å². The number of rotatable bonds is 8. The molecule has 0 aromatic heterocycles. The van der Waals surface area contributed by atoms with Gasteiger partial charge in [-0.05, 0) is 31.1 Å². The summed E-state index contributed by atoms with van der Waals surface area (Å²) in [5, 5.41) is 0. The van der Waals surface area contributed by atoms with E-state index in [1.165, 1.54) is 0 Å². The first-order chi connectivity index (χ1) is 7.73. The van der Waals surface area contributed by atoms with Crippen molar-refractivity contribution in [1.29, 1.82) is 0 Å². The lowest BCUT2D eigenvalue weighted by atomic mass is 9.91. The summed E-state index contributed by atoms with van der Waals surface area (Å²) in [6.07, 6.45) is 3.60. The lowest BCUT2D eigenvalue weighted by Crippen LogP contribution is -2.34. The van der Waals surface area contributed by atoms with Crippen LogP contribution in [0.4, 0.5) is 0 Å². The topological polar surface area (TPSA) is 37.4 Å². The first-order valence-corrected chi connectivity index (χ1v) is 8.31. The van der Waals surface area contributed by atoms with Crippen molar-refractivity contribution in [3.63, 3.8) is 0 Å². The van der Waals surface area contributed by atoms with E-state index >= 15 is 0 Å². The summed E-state index contributed by atoms with van der Waals surface area (Å²) in [5.74, 6) is 0.280. The summed E-state index contributed by atoms with van der Waals surface area (Å²) in [4.78, 5) is 0. The van der Waals surface area contributed by atoms with Crippen molar-refractivity contribution in [2.24, 2.45) is 5.41 Å². The summed E-state index contributed by atoms with van der Waals surface area (Å²) in [7, 11) is -3.02. The maximum Gasteiger partial charge on any atom is 0.214 e. The van der Waals surface area contributed by atoms with E-state index in [4.69, 9.17) is 0 Å². The molecule has 0 bridgehead atoms. The second kappa shape index (κ2) is 7.37. The van der Waals surface area contributed by atoms with Gasteiger partial charge in [-0.25, -0.2) is 12.7 Å². The van der Waals surface area contributed by atoms with Crippen LogP contribution < -0.4 is 0 Å². The monoisotopic (exact) mass is 263 g/mol. The first-order valence-electron chi connectivity index (χ1n) is 6.70. The van der Waals surface area contributed by atoms with Crippen molar-refractivity contribution >= 4 is 10.0 Å². The second-order valence-electron chi connectivity index (χ2n) is 5.88. The Kier molecular flexibility index (Phi) is 7.33. The Morgan fingerprint density at radius 3 is 2.00 bits per heavy atom. The van der Waals surface area contributed by atoms with Crippen molar-refractivity contribution in [2.75, 3.05) is 18.8 Å². The van der Waals surface area contributed by atoms with Crippen LogP contribution in [0.3, 0.4) is 0 Å². The highest BCUT2D eigenvalue weighted by Gasteiger charge is 2.20. The molecule has 0 aliphatic rings. The Hall–Kier alpha value is -0.0900. The average molecular weight is 263 g/mol. The van der Waals surface area contributed by atoms with Gasteiger partial charge in [-0.15, -0.1) is 0 Å². The molecule has 0 spiro atoms. The third kappa shape index (κ3) is 7.77. The molecule has 0 aliphatic heterocycles. The fourth-order valence-electron chi connectivity index (χ4n) is 1.81. The smallest absolute Gasteiger partial charge is 0.212 e.